The molecule has 0 atom stereocenters. The highest BCUT2D eigenvalue weighted by atomic mass is 32.2. The van der Waals surface area contributed by atoms with Crippen molar-refractivity contribution in [2.75, 3.05) is 23.9 Å². The number of hydrogen-bond acceptors (Lipinski definition) is 4. The van der Waals surface area contributed by atoms with Crippen LogP contribution in [0.3, 0.4) is 0 Å². The summed E-state index contributed by atoms with van der Waals surface area (Å²) in [7, 11) is 0. The van der Waals surface area contributed by atoms with Gasteiger partial charge in [-0.3, -0.25) is 9.48 Å². The van der Waals surface area contributed by atoms with E-state index in [0.717, 1.165) is 34.7 Å². The monoisotopic (exact) mass is 383 g/mol. The van der Waals surface area contributed by atoms with Gasteiger partial charge in [0.25, 0.3) is 5.91 Å². The van der Waals surface area contributed by atoms with Crippen LogP contribution in [0.2, 0.25) is 0 Å². The Morgan fingerprint density at radius 1 is 1.22 bits per heavy atom. The number of nitrogens with one attached hydrogen (secondary N) is 1. The van der Waals surface area contributed by atoms with E-state index in [-0.39, 0.29) is 18.3 Å². The van der Waals surface area contributed by atoms with Gasteiger partial charge in [0.2, 0.25) is 0 Å². The molecule has 2 aromatic carbocycles. The van der Waals surface area contributed by atoms with Crippen LogP contribution in [-0.4, -0.2) is 34.3 Å². The van der Waals surface area contributed by atoms with Gasteiger partial charge >= 0.3 is 0 Å². The normalized spacial score (nSPS) is 13.0. The molecule has 3 aromatic rings. The summed E-state index contributed by atoms with van der Waals surface area (Å²) in [6, 6.07) is 12.1. The van der Waals surface area contributed by atoms with E-state index in [1.165, 1.54) is 12.1 Å². The van der Waals surface area contributed by atoms with Crippen LogP contribution < -0.4 is 10.1 Å². The average molecular weight is 383 g/mol. The van der Waals surface area contributed by atoms with Crippen LogP contribution in [0.15, 0.2) is 48.7 Å². The highest BCUT2D eigenvalue weighted by Gasteiger charge is 2.19. The van der Waals surface area contributed by atoms with Crippen LogP contribution >= 0.6 is 11.8 Å². The Morgan fingerprint density at radius 2 is 2.00 bits per heavy atom. The number of hydrogen-bond donors (Lipinski definition) is 1. The summed E-state index contributed by atoms with van der Waals surface area (Å²) in [5.74, 6) is 1.12. The molecule has 4 rings (SSSR count). The van der Waals surface area contributed by atoms with Crippen LogP contribution in [0.1, 0.15) is 0 Å². The van der Waals surface area contributed by atoms with Gasteiger partial charge < -0.3 is 10.1 Å². The number of aromatic nitrogens is 2. The summed E-state index contributed by atoms with van der Waals surface area (Å²) in [6.07, 6.45) is 3.86. The van der Waals surface area contributed by atoms with Gasteiger partial charge in [0.15, 0.2) is 6.61 Å². The fraction of sp³-hybridized carbons (Fsp3) is 0.200. The first-order valence-electron chi connectivity index (χ1n) is 8.53. The molecule has 1 amide bonds. The summed E-state index contributed by atoms with van der Waals surface area (Å²) >= 11 is 1.74. The quantitative estimate of drug-likeness (QED) is 0.722. The Balaban J connectivity index is 1.81. The molecule has 5 nitrogen and oxygen atoms in total. The molecule has 0 fully saturated rings. The second-order valence-electron chi connectivity index (χ2n) is 6.18. The number of benzene rings is 2. The molecule has 27 heavy (non-hydrogen) atoms. The molecule has 0 radical (unpaired) electrons. The second-order valence-corrected chi connectivity index (χ2v) is 7.16. The third-order valence-electron chi connectivity index (χ3n) is 4.39. The minimum atomic E-state index is -0.274. The third-order valence-corrected chi connectivity index (χ3v) is 4.98. The minimum Gasteiger partial charge on any atom is -0.482 e. The number of halogens is 1. The summed E-state index contributed by atoms with van der Waals surface area (Å²) < 4.78 is 20.8. The lowest BCUT2D eigenvalue weighted by Gasteiger charge is -2.18. The van der Waals surface area contributed by atoms with E-state index in [0.29, 0.717) is 11.4 Å². The molecule has 1 N–H and O–H groups in total. The highest BCUT2D eigenvalue weighted by molar-refractivity contribution is 7.98. The van der Waals surface area contributed by atoms with Gasteiger partial charge in [0.1, 0.15) is 11.6 Å². The van der Waals surface area contributed by atoms with Crippen molar-refractivity contribution in [2.45, 2.75) is 6.54 Å². The molecular formula is C20H18FN3O2S. The van der Waals surface area contributed by atoms with E-state index in [9.17, 15) is 9.18 Å². The number of carbonyl (C=O) groups excluding carboxylic acids is 1. The number of thioether (sulfide) groups is 1. The van der Waals surface area contributed by atoms with Gasteiger partial charge in [-0.15, -0.1) is 0 Å². The van der Waals surface area contributed by atoms with Crippen LogP contribution in [0.25, 0.3) is 22.4 Å². The van der Waals surface area contributed by atoms with Crippen molar-refractivity contribution >= 4 is 23.4 Å². The van der Waals surface area contributed by atoms with Crippen molar-refractivity contribution in [3.05, 3.63) is 54.5 Å². The zero-order valence-corrected chi connectivity index (χ0v) is 15.6. The maximum atomic E-state index is 13.4. The third kappa shape index (κ3) is 3.55. The largest absolute Gasteiger partial charge is 0.482 e. The molecule has 0 aliphatic carbocycles. The van der Waals surface area contributed by atoms with Gasteiger partial charge in [0.05, 0.1) is 24.1 Å². The second kappa shape index (κ2) is 7.44. The van der Waals surface area contributed by atoms with Gasteiger partial charge in [-0.25, -0.2) is 4.39 Å². The smallest absolute Gasteiger partial charge is 0.262 e. The van der Waals surface area contributed by atoms with Crippen LogP contribution in [0.5, 0.6) is 5.75 Å². The van der Waals surface area contributed by atoms with Crippen molar-refractivity contribution in [3.8, 4) is 28.1 Å². The molecule has 0 saturated carbocycles. The first-order valence-corrected chi connectivity index (χ1v) is 9.93. The van der Waals surface area contributed by atoms with Crippen molar-refractivity contribution in [3.63, 3.8) is 0 Å². The van der Waals surface area contributed by atoms with Crippen LogP contribution in [-0.2, 0) is 11.3 Å². The lowest BCUT2D eigenvalue weighted by molar-refractivity contribution is -0.118. The minimum absolute atomic E-state index is 0.0276. The zero-order chi connectivity index (χ0) is 18.8. The van der Waals surface area contributed by atoms with Gasteiger partial charge in [-0.1, -0.05) is 6.07 Å². The standard InChI is InChI=1S/C20H18FN3O2S/c1-27-9-8-24-20(13-2-5-15(21)6-3-13)16(11-22-24)14-4-7-18-17(10-14)23-19(25)12-26-18/h2-7,10-11H,8-9,12H2,1H3,(H,23,25). The summed E-state index contributed by atoms with van der Waals surface area (Å²) in [5, 5.41) is 7.38. The molecule has 0 saturated heterocycles. The molecular weight excluding hydrogens is 365 g/mol. The maximum Gasteiger partial charge on any atom is 0.262 e. The number of amides is 1. The van der Waals surface area contributed by atoms with E-state index in [1.54, 1.807) is 23.9 Å². The van der Waals surface area contributed by atoms with E-state index >= 15 is 0 Å². The van der Waals surface area contributed by atoms with E-state index < -0.39 is 0 Å². The molecule has 1 aliphatic heterocycles. The van der Waals surface area contributed by atoms with Gasteiger partial charge in [0, 0.05) is 16.9 Å². The topological polar surface area (TPSA) is 56.2 Å². The van der Waals surface area contributed by atoms with Crippen molar-refractivity contribution < 1.29 is 13.9 Å². The molecule has 1 aliphatic rings. The number of rotatable bonds is 5. The molecule has 0 unspecified atom stereocenters. The number of fused-ring (bicyclic) bond motifs is 1. The number of ether oxygens (including phenoxy) is 1. The summed E-state index contributed by atoms with van der Waals surface area (Å²) in [5.41, 5.74) is 4.29. The number of anilines is 1. The number of nitrogens with zero attached hydrogens (tertiary/aromatic N) is 2. The SMILES string of the molecule is CSCCn1ncc(-c2ccc3c(c2)NC(=O)CO3)c1-c1ccc(F)cc1. The number of carbonyl (C=O) groups is 1. The molecule has 1 aromatic heterocycles. The van der Waals surface area contributed by atoms with Gasteiger partial charge in [-0.05, 0) is 48.2 Å². The van der Waals surface area contributed by atoms with E-state index in [4.69, 9.17) is 4.74 Å². The predicted molar refractivity (Wildman–Crippen MR) is 106 cm³/mol. The molecule has 7 heteroatoms. The fourth-order valence-corrected chi connectivity index (χ4v) is 3.46. The molecule has 0 spiro atoms. The number of aryl methyl sites for hydroxylation is 1. The molecule has 2 heterocycles. The van der Waals surface area contributed by atoms with Crippen LogP contribution in [0, 0.1) is 5.82 Å². The van der Waals surface area contributed by atoms with Crippen molar-refractivity contribution in [2.24, 2.45) is 0 Å². The first kappa shape index (κ1) is 17.6. The molecule has 0 bridgehead atoms. The lowest BCUT2D eigenvalue weighted by atomic mass is 10.0. The maximum absolute atomic E-state index is 13.4. The Hall–Kier alpha value is -2.80. The van der Waals surface area contributed by atoms with Crippen molar-refractivity contribution in [1.82, 2.24) is 9.78 Å². The van der Waals surface area contributed by atoms with Crippen molar-refractivity contribution in [1.29, 1.82) is 0 Å². The predicted octanol–water partition coefficient (Wildman–Crippen LogP) is 4.05. The zero-order valence-electron chi connectivity index (χ0n) is 14.7. The summed E-state index contributed by atoms with van der Waals surface area (Å²) in [6.45, 7) is 0.776. The Kier molecular flexibility index (Phi) is 4.85. The van der Waals surface area contributed by atoms with Gasteiger partial charge in [-0.2, -0.15) is 16.9 Å². The average Bonchev–Trinajstić information content (AvgIpc) is 3.10. The first-order chi connectivity index (χ1) is 13.2. The van der Waals surface area contributed by atoms with E-state index in [1.807, 2.05) is 35.3 Å². The lowest BCUT2D eigenvalue weighted by Crippen LogP contribution is -2.25. The van der Waals surface area contributed by atoms with Crippen LogP contribution in [0.4, 0.5) is 10.1 Å². The molecule has 138 valence electrons. The fourth-order valence-electron chi connectivity index (χ4n) is 3.11. The highest BCUT2D eigenvalue weighted by Crippen LogP contribution is 2.37. The Bertz CT molecular complexity index is 985. The van der Waals surface area contributed by atoms with E-state index in [2.05, 4.69) is 10.4 Å². The Labute approximate surface area is 160 Å². The summed E-state index contributed by atoms with van der Waals surface area (Å²) in [4.78, 5) is 11.6. The Morgan fingerprint density at radius 3 is 2.78 bits per heavy atom.